The van der Waals surface area contributed by atoms with Gasteiger partial charge in [0.25, 0.3) is 0 Å². The van der Waals surface area contributed by atoms with E-state index in [0.717, 1.165) is 44.0 Å². The Morgan fingerprint density at radius 2 is 1.96 bits per heavy atom. The molecule has 5 nitrogen and oxygen atoms in total. The molecule has 0 aliphatic carbocycles. The van der Waals surface area contributed by atoms with E-state index in [9.17, 15) is 4.79 Å². The summed E-state index contributed by atoms with van der Waals surface area (Å²) in [6, 6.07) is 14.7. The van der Waals surface area contributed by atoms with Gasteiger partial charge in [0, 0.05) is 37.9 Å². The van der Waals surface area contributed by atoms with E-state index in [2.05, 4.69) is 45.5 Å². The van der Waals surface area contributed by atoms with Crippen LogP contribution in [0.4, 0.5) is 10.5 Å². The van der Waals surface area contributed by atoms with Gasteiger partial charge in [0.2, 0.25) is 0 Å². The quantitative estimate of drug-likeness (QED) is 0.921. The third-order valence-corrected chi connectivity index (χ3v) is 5.46. The Morgan fingerprint density at radius 3 is 2.73 bits per heavy atom. The van der Waals surface area contributed by atoms with Gasteiger partial charge in [0.15, 0.2) is 0 Å². The number of rotatable bonds is 3. The van der Waals surface area contributed by atoms with E-state index in [1.165, 1.54) is 12.0 Å². The first-order valence-electron chi connectivity index (χ1n) is 9.44. The number of aryl methyl sites for hydroxylation is 1. The van der Waals surface area contributed by atoms with E-state index < -0.39 is 0 Å². The smallest absolute Gasteiger partial charge is 0.320 e. The van der Waals surface area contributed by atoms with Gasteiger partial charge in [-0.25, -0.2) is 4.79 Å². The van der Waals surface area contributed by atoms with E-state index in [0.29, 0.717) is 5.92 Å². The second-order valence-electron chi connectivity index (χ2n) is 7.55. The minimum atomic E-state index is 0.00640. The van der Waals surface area contributed by atoms with Crippen LogP contribution in [0.25, 0.3) is 0 Å². The normalized spacial score (nSPS) is 22.9. The van der Waals surface area contributed by atoms with Crippen LogP contribution in [-0.4, -0.2) is 46.5 Å². The molecule has 2 aromatic rings. The zero-order chi connectivity index (χ0) is 17.9. The van der Waals surface area contributed by atoms with E-state index in [-0.39, 0.29) is 12.1 Å². The number of hydrogen-bond donors (Lipinski definition) is 1. The van der Waals surface area contributed by atoms with Crippen LogP contribution < -0.4 is 5.32 Å². The van der Waals surface area contributed by atoms with Gasteiger partial charge < -0.3 is 10.2 Å². The minimum Gasteiger partial charge on any atom is -0.320 e. The highest BCUT2D eigenvalue weighted by molar-refractivity contribution is 5.89. The van der Waals surface area contributed by atoms with Crippen molar-refractivity contribution < 1.29 is 4.79 Å². The van der Waals surface area contributed by atoms with Crippen molar-refractivity contribution in [3.05, 3.63) is 59.9 Å². The molecular formula is C21H26N4O. The van der Waals surface area contributed by atoms with Crippen molar-refractivity contribution in [2.45, 2.75) is 32.4 Å². The maximum absolute atomic E-state index is 12.8. The maximum Gasteiger partial charge on any atom is 0.322 e. The molecule has 4 heterocycles. The molecule has 3 saturated heterocycles. The number of carbonyl (C=O) groups excluding carboxylic acids is 1. The molecule has 3 aliphatic rings. The number of hydrogen-bond acceptors (Lipinski definition) is 3. The first-order valence-corrected chi connectivity index (χ1v) is 9.44. The van der Waals surface area contributed by atoms with Crippen molar-refractivity contribution in [2.24, 2.45) is 5.92 Å². The molecule has 0 spiro atoms. The molecule has 0 unspecified atom stereocenters. The fourth-order valence-corrected chi connectivity index (χ4v) is 4.14. The molecule has 3 aliphatic heterocycles. The van der Waals surface area contributed by atoms with Crippen molar-refractivity contribution in [2.75, 3.05) is 25.0 Å². The molecule has 0 radical (unpaired) electrons. The van der Waals surface area contributed by atoms with E-state index in [1.807, 2.05) is 24.0 Å². The highest BCUT2D eigenvalue weighted by Gasteiger charge is 2.37. The van der Waals surface area contributed by atoms with Crippen LogP contribution >= 0.6 is 0 Å². The number of urea groups is 1. The van der Waals surface area contributed by atoms with Crippen molar-refractivity contribution in [3.63, 3.8) is 0 Å². The number of benzene rings is 1. The third-order valence-electron chi connectivity index (χ3n) is 5.46. The minimum absolute atomic E-state index is 0.00640. The summed E-state index contributed by atoms with van der Waals surface area (Å²) >= 11 is 0. The molecule has 1 aromatic heterocycles. The number of piperidine rings is 1. The summed E-state index contributed by atoms with van der Waals surface area (Å²) in [5.74, 6) is 0.555. The standard InChI is InChI=1S/C21H26N4O/c1-16-7-9-19(11-22-16)23-21(26)25-14-18-8-10-20(25)15-24(13-18)12-17-5-3-2-4-6-17/h2-7,9,11,18,20H,8,10,12-15H2,1H3,(H,23,26)/t18-,20+/m0/s1. The van der Waals surface area contributed by atoms with Crippen molar-refractivity contribution in [1.29, 1.82) is 0 Å². The number of pyridine rings is 1. The van der Waals surface area contributed by atoms with Crippen LogP contribution in [0, 0.1) is 12.8 Å². The second-order valence-corrected chi connectivity index (χ2v) is 7.55. The summed E-state index contributed by atoms with van der Waals surface area (Å²) in [7, 11) is 0. The summed E-state index contributed by atoms with van der Waals surface area (Å²) in [5, 5.41) is 3.02. The zero-order valence-electron chi connectivity index (χ0n) is 15.3. The third kappa shape index (κ3) is 3.88. The molecular weight excluding hydrogens is 324 g/mol. The maximum atomic E-state index is 12.8. The Hall–Kier alpha value is -2.40. The lowest BCUT2D eigenvalue weighted by Gasteiger charge is -2.36. The van der Waals surface area contributed by atoms with Crippen LogP contribution in [0.3, 0.4) is 0 Å². The largest absolute Gasteiger partial charge is 0.322 e. The Bertz CT molecular complexity index is 746. The van der Waals surface area contributed by atoms with Crippen molar-refractivity contribution in [3.8, 4) is 0 Å². The number of carbonyl (C=O) groups is 1. The molecule has 5 heteroatoms. The molecule has 2 bridgehead atoms. The summed E-state index contributed by atoms with van der Waals surface area (Å²) < 4.78 is 0. The number of aromatic nitrogens is 1. The van der Waals surface area contributed by atoms with Crippen LogP contribution in [0.1, 0.15) is 24.1 Å². The molecule has 2 amide bonds. The SMILES string of the molecule is Cc1ccc(NC(=O)N2C[C@H]3CC[C@@H]2CN(Cc2ccccc2)C3)cn1. The highest BCUT2D eigenvalue weighted by atomic mass is 16.2. The molecule has 1 aromatic carbocycles. The highest BCUT2D eigenvalue weighted by Crippen LogP contribution is 2.29. The first kappa shape index (κ1) is 17.0. The molecule has 1 N–H and O–H groups in total. The first-order chi connectivity index (χ1) is 12.7. The lowest BCUT2D eigenvalue weighted by Crippen LogP contribution is -2.49. The second kappa shape index (κ2) is 7.46. The van der Waals surface area contributed by atoms with E-state index in [4.69, 9.17) is 0 Å². The Kier molecular flexibility index (Phi) is 4.89. The Labute approximate surface area is 155 Å². The fraction of sp³-hybridized carbons (Fsp3) is 0.429. The summed E-state index contributed by atoms with van der Waals surface area (Å²) in [5.41, 5.74) is 3.06. The number of amides is 2. The number of nitrogens with zero attached hydrogens (tertiary/aromatic N) is 3. The molecule has 3 fully saturated rings. The van der Waals surface area contributed by atoms with Crippen LogP contribution in [0.15, 0.2) is 48.7 Å². The monoisotopic (exact) mass is 350 g/mol. The van der Waals surface area contributed by atoms with E-state index in [1.54, 1.807) is 6.20 Å². The molecule has 26 heavy (non-hydrogen) atoms. The average molecular weight is 350 g/mol. The molecule has 2 atom stereocenters. The number of anilines is 1. The zero-order valence-corrected chi connectivity index (χ0v) is 15.3. The van der Waals surface area contributed by atoms with Crippen molar-refractivity contribution >= 4 is 11.7 Å². The molecule has 136 valence electrons. The van der Waals surface area contributed by atoms with Gasteiger partial charge in [-0.3, -0.25) is 9.88 Å². The van der Waals surface area contributed by atoms with Gasteiger partial charge in [-0.1, -0.05) is 30.3 Å². The topological polar surface area (TPSA) is 48.5 Å². The summed E-state index contributed by atoms with van der Waals surface area (Å²) in [6.07, 6.45) is 4.03. The molecule has 0 saturated carbocycles. The lowest BCUT2D eigenvalue weighted by molar-refractivity contribution is 0.151. The van der Waals surface area contributed by atoms with Gasteiger partial charge in [0.1, 0.15) is 0 Å². The predicted molar refractivity (Wildman–Crippen MR) is 103 cm³/mol. The van der Waals surface area contributed by atoms with Crippen LogP contribution in [0.5, 0.6) is 0 Å². The van der Waals surface area contributed by atoms with Gasteiger partial charge >= 0.3 is 6.03 Å². The van der Waals surface area contributed by atoms with E-state index >= 15 is 0 Å². The van der Waals surface area contributed by atoms with Gasteiger partial charge in [-0.2, -0.15) is 0 Å². The fourth-order valence-electron chi connectivity index (χ4n) is 4.14. The number of nitrogens with one attached hydrogen (secondary N) is 1. The van der Waals surface area contributed by atoms with Crippen molar-refractivity contribution in [1.82, 2.24) is 14.8 Å². The molecule has 5 rings (SSSR count). The number of fused-ring (bicyclic) bond motifs is 4. The van der Waals surface area contributed by atoms with Gasteiger partial charge in [-0.15, -0.1) is 0 Å². The van der Waals surface area contributed by atoms with Gasteiger partial charge in [-0.05, 0) is 43.4 Å². The summed E-state index contributed by atoms with van der Waals surface area (Å²) in [6.45, 7) is 5.78. The van der Waals surface area contributed by atoms with Gasteiger partial charge in [0.05, 0.1) is 11.9 Å². The lowest BCUT2D eigenvalue weighted by atomic mass is 9.95. The average Bonchev–Trinajstić information content (AvgIpc) is 2.95. The van der Waals surface area contributed by atoms with Crippen LogP contribution in [-0.2, 0) is 6.54 Å². The van der Waals surface area contributed by atoms with Crippen LogP contribution in [0.2, 0.25) is 0 Å². The predicted octanol–water partition coefficient (Wildman–Crippen LogP) is 3.52. The summed E-state index contributed by atoms with van der Waals surface area (Å²) in [4.78, 5) is 21.6. The Morgan fingerprint density at radius 1 is 1.12 bits per heavy atom. The Balaban J connectivity index is 1.42.